The van der Waals surface area contributed by atoms with Gasteiger partial charge in [0.25, 0.3) is 0 Å². The number of likely N-dealkylation sites (N-methyl/N-ethyl adjacent to an activating group) is 1. The van der Waals surface area contributed by atoms with Gasteiger partial charge in [0, 0.05) is 6.42 Å². The fourth-order valence-corrected chi connectivity index (χ4v) is 1.30. The average molecular weight is 203 g/mol. The standard InChI is InChI=1S/C9H17NO4/c1-10(2)5-9(12)13-6-7-3-4-8(11)14-7/h7-8,11H,3-6H2,1-2H3/t7-,8+/m0/s1. The quantitative estimate of drug-likeness (QED) is 0.629. The number of aliphatic hydroxyl groups is 1. The minimum atomic E-state index is -0.687. The summed E-state index contributed by atoms with van der Waals surface area (Å²) < 4.78 is 10.0. The maximum Gasteiger partial charge on any atom is 0.320 e. The van der Waals surface area contributed by atoms with E-state index in [4.69, 9.17) is 14.6 Å². The first-order valence-corrected chi connectivity index (χ1v) is 4.72. The lowest BCUT2D eigenvalue weighted by Crippen LogP contribution is -2.27. The molecule has 1 fully saturated rings. The third-order valence-corrected chi connectivity index (χ3v) is 1.96. The number of hydrogen-bond acceptors (Lipinski definition) is 5. The van der Waals surface area contributed by atoms with Gasteiger partial charge in [-0.25, -0.2) is 0 Å². The second-order valence-corrected chi connectivity index (χ2v) is 3.71. The van der Waals surface area contributed by atoms with Crippen LogP contribution in [-0.4, -0.2) is 55.6 Å². The van der Waals surface area contributed by atoms with Crippen molar-refractivity contribution < 1.29 is 19.4 Å². The van der Waals surface area contributed by atoms with Crippen LogP contribution in [0.1, 0.15) is 12.8 Å². The van der Waals surface area contributed by atoms with Gasteiger partial charge in [-0.2, -0.15) is 0 Å². The van der Waals surface area contributed by atoms with E-state index in [1.165, 1.54) is 0 Å². The Kier molecular flexibility index (Phi) is 4.31. The van der Waals surface area contributed by atoms with Crippen LogP contribution in [0.2, 0.25) is 0 Å². The van der Waals surface area contributed by atoms with E-state index >= 15 is 0 Å². The van der Waals surface area contributed by atoms with Crippen molar-refractivity contribution in [1.29, 1.82) is 0 Å². The molecule has 0 aromatic rings. The number of aliphatic hydroxyl groups excluding tert-OH is 1. The van der Waals surface area contributed by atoms with Gasteiger partial charge in [0.1, 0.15) is 6.61 Å². The zero-order valence-electron chi connectivity index (χ0n) is 8.60. The first kappa shape index (κ1) is 11.4. The molecule has 14 heavy (non-hydrogen) atoms. The molecule has 1 saturated heterocycles. The van der Waals surface area contributed by atoms with E-state index in [2.05, 4.69) is 0 Å². The van der Waals surface area contributed by atoms with Crippen molar-refractivity contribution >= 4 is 5.97 Å². The van der Waals surface area contributed by atoms with Crippen LogP contribution in [0.25, 0.3) is 0 Å². The number of esters is 1. The summed E-state index contributed by atoms with van der Waals surface area (Å²) in [7, 11) is 3.61. The monoisotopic (exact) mass is 203 g/mol. The molecule has 5 heteroatoms. The minimum absolute atomic E-state index is 0.142. The molecule has 1 aliphatic heterocycles. The van der Waals surface area contributed by atoms with Crippen molar-refractivity contribution in [2.75, 3.05) is 27.2 Å². The number of rotatable bonds is 4. The van der Waals surface area contributed by atoms with Gasteiger partial charge >= 0.3 is 5.97 Å². The summed E-state index contributed by atoms with van der Waals surface area (Å²) in [6, 6.07) is 0. The Balaban J connectivity index is 2.11. The highest BCUT2D eigenvalue weighted by atomic mass is 16.6. The maximum atomic E-state index is 11.1. The van der Waals surface area contributed by atoms with E-state index in [1.54, 1.807) is 19.0 Å². The molecule has 2 atom stereocenters. The van der Waals surface area contributed by atoms with Gasteiger partial charge in [0.2, 0.25) is 0 Å². The highest BCUT2D eigenvalue weighted by Crippen LogP contribution is 2.17. The highest BCUT2D eigenvalue weighted by molar-refractivity contribution is 5.71. The van der Waals surface area contributed by atoms with Crippen molar-refractivity contribution in [3.8, 4) is 0 Å². The Hall–Kier alpha value is -0.650. The van der Waals surface area contributed by atoms with Gasteiger partial charge in [-0.1, -0.05) is 0 Å². The first-order chi connectivity index (χ1) is 6.58. The SMILES string of the molecule is CN(C)CC(=O)OC[C@@H]1CC[C@H](O)O1. The number of nitrogens with zero attached hydrogens (tertiary/aromatic N) is 1. The second-order valence-electron chi connectivity index (χ2n) is 3.71. The minimum Gasteiger partial charge on any atom is -0.462 e. The Morgan fingerprint density at radius 1 is 1.57 bits per heavy atom. The molecule has 0 aromatic carbocycles. The molecule has 1 rings (SSSR count). The molecule has 0 amide bonds. The lowest BCUT2D eigenvalue weighted by Gasteiger charge is -2.13. The van der Waals surface area contributed by atoms with E-state index in [9.17, 15) is 4.79 Å². The van der Waals surface area contributed by atoms with Crippen molar-refractivity contribution in [3.05, 3.63) is 0 Å². The molecule has 0 aliphatic carbocycles. The van der Waals surface area contributed by atoms with Crippen LogP contribution in [0.15, 0.2) is 0 Å². The van der Waals surface area contributed by atoms with Crippen LogP contribution in [0.4, 0.5) is 0 Å². The molecule has 1 heterocycles. The number of carbonyl (C=O) groups excluding carboxylic acids is 1. The Morgan fingerprint density at radius 3 is 2.79 bits per heavy atom. The zero-order chi connectivity index (χ0) is 10.6. The van der Waals surface area contributed by atoms with E-state index in [0.29, 0.717) is 6.42 Å². The van der Waals surface area contributed by atoms with Gasteiger partial charge in [-0.15, -0.1) is 0 Å². The summed E-state index contributed by atoms with van der Waals surface area (Å²) in [5.41, 5.74) is 0. The van der Waals surface area contributed by atoms with Crippen molar-refractivity contribution in [2.45, 2.75) is 25.2 Å². The molecule has 0 aromatic heterocycles. The van der Waals surface area contributed by atoms with E-state index in [-0.39, 0.29) is 25.2 Å². The summed E-state index contributed by atoms with van der Waals surface area (Å²) in [4.78, 5) is 12.9. The summed E-state index contributed by atoms with van der Waals surface area (Å²) in [6.45, 7) is 0.513. The van der Waals surface area contributed by atoms with Crippen molar-refractivity contribution in [2.24, 2.45) is 0 Å². The lowest BCUT2D eigenvalue weighted by molar-refractivity contribution is -0.153. The molecule has 1 aliphatic rings. The average Bonchev–Trinajstić information content (AvgIpc) is 2.47. The van der Waals surface area contributed by atoms with Gasteiger partial charge in [-0.05, 0) is 20.5 Å². The molecule has 82 valence electrons. The number of ether oxygens (including phenoxy) is 2. The predicted molar refractivity (Wildman–Crippen MR) is 49.6 cm³/mol. The molecule has 0 bridgehead atoms. The smallest absolute Gasteiger partial charge is 0.320 e. The second kappa shape index (κ2) is 5.29. The summed E-state index contributed by atoms with van der Waals surface area (Å²) in [5, 5.41) is 9.04. The fraction of sp³-hybridized carbons (Fsp3) is 0.889. The number of carbonyl (C=O) groups is 1. The third kappa shape index (κ3) is 4.04. The molecule has 1 N–H and O–H groups in total. The van der Waals surface area contributed by atoms with Crippen LogP contribution in [-0.2, 0) is 14.3 Å². The van der Waals surface area contributed by atoms with Gasteiger partial charge in [-0.3, -0.25) is 9.69 Å². The Bertz CT molecular complexity index is 195. The molecule has 0 unspecified atom stereocenters. The Labute approximate surface area is 83.6 Å². The summed E-state index contributed by atoms with van der Waals surface area (Å²) in [6.07, 6.45) is 0.537. The van der Waals surface area contributed by atoms with Crippen molar-refractivity contribution in [1.82, 2.24) is 4.90 Å². The molecule has 0 spiro atoms. The molecule has 5 nitrogen and oxygen atoms in total. The topological polar surface area (TPSA) is 59.0 Å². The predicted octanol–water partition coefficient (Wildman–Crippen LogP) is -0.411. The first-order valence-electron chi connectivity index (χ1n) is 4.72. The van der Waals surface area contributed by atoms with Crippen LogP contribution in [0, 0.1) is 0 Å². The van der Waals surface area contributed by atoms with E-state index in [0.717, 1.165) is 6.42 Å². The molecular formula is C9H17NO4. The van der Waals surface area contributed by atoms with E-state index in [1.807, 2.05) is 0 Å². The Morgan fingerprint density at radius 2 is 2.29 bits per heavy atom. The van der Waals surface area contributed by atoms with Gasteiger partial charge in [0.15, 0.2) is 6.29 Å². The van der Waals surface area contributed by atoms with Crippen LogP contribution < -0.4 is 0 Å². The zero-order valence-corrected chi connectivity index (χ0v) is 8.60. The van der Waals surface area contributed by atoms with Crippen LogP contribution in [0.5, 0.6) is 0 Å². The molecule has 0 radical (unpaired) electrons. The fourth-order valence-electron chi connectivity index (χ4n) is 1.30. The van der Waals surface area contributed by atoms with Crippen LogP contribution >= 0.6 is 0 Å². The van der Waals surface area contributed by atoms with Crippen molar-refractivity contribution in [3.63, 3.8) is 0 Å². The molecular weight excluding hydrogens is 186 g/mol. The lowest BCUT2D eigenvalue weighted by atomic mass is 10.2. The highest BCUT2D eigenvalue weighted by Gasteiger charge is 2.24. The summed E-state index contributed by atoms with van der Waals surface area (Å²) >= 11 is 0. The molecule has 0 saturated carbocycles. The van der Waals surface area contributed by atoms with E-state index < -0.39 is 6.29 Å². The van der Waals surface area contributed by atoms with Gasteiger partial charge in [0.05, 0.1) is 12.6 Å². The number of hydrogen-bond donors (Lipinski definition) is 1. The van der Waals surface area contributed by atoms with Gasteiger partial charge < -0.3 is 14.6 Å². The largest absolute Gasteiger partial charge is 0.462 e. The van der Waals surface area contributed by atoms with Crippen LogP contribution in [0.3, 0.4) is 0 Å². The third-order valence-electron chi connectivity index (χ3n) is 1.96. The maximum absolute atomic E-state index is 11.1. The normalized spacial score (nSPS) is 26.9. The summed E-state index contributed by atoms with van der Waals surface area (Å²) in [5.74, 6) is -0.264.